The van der Waals surface area contributed by atoms with Gasteiger partial charge in [0.25, 0.3) is 0 Å². The summed E-state index contributed by atoms with van der Waals surface area (Å²) in [6.45, 7) is 9.58. The molecule has 1 atom stereocenters. The number of alkyl carbamates (subject to hydrolysis) is 1. The summed E-state index contributed by atoms with van der Waals surface area (Å²) < 4.78 is 4.73. The fraction of sp³-hybridized carbons (Fsp3) is 0.636. The molecule has 0 saturated carbocycles. The van der Waals surface area contributed by atoms with Gasteiger partial charge in [0.05, 0.1) is 6.61 Å². The molecule has 0 radical (unpaired) electrons. The van der Waals surface area contributed by atoms with Crippen LogP contribution < -0.4 is 10.6 Å². The SMILES string of the molecule is C=CCNC(=O)[C@@H](NC(=O)OCC)C(C)C. The Kier molecular flexibility index (Phi) is 7.00. The van der Waals surface area contributed by atoms with Crippen LogP contribution in [0.1, 0.15) is 20.8 Å². The number of hydrogen-bond acceptors (Lipinski definition) is 3. The van der Waals surface area contributed by atoms with Crippen molar-refractivity contribution in [3.8, 4) is 0 Å². The Hall–Kier alpha value is -1.52. The molecule has 0 aliphatic carbocycles. The van der Waals surface area contributed by atoms with Crippen LogP contribution in [0.3, 0.4) is 0 Å². The molecule has 0 rings (SSSR count). The number of carbonyl (C=O) groups is 2. The highest BCUT2D eigenvalue weighted by Gasteiger charge is 2.23. The van der Waals surface area contributed by atoms with Crippen molar-refractivity contribution in [3.05, 3.63) is 12.7 Å². The van der Waals surface area contributed by atoms with E-state index in [4.69, 9.17) is 4.74 Å². The van der Waals surface area contributed by atoms with E-state index >= 15 is 0 Å². The van der Waals surface area contributed by atoms with Crippen LogP contribution in [0.4, 0.5) is 4.79 Å². The third-order valence-electron chi connectivity index (χ3n) is 1.92. The lowest BCUT2D eigenvalue weighted by atomic mass is 10.0. The first-order valence-corrected chi connectivity index (χ1v) is 5.34. The minimum Gasteiger partial charge on any atom is -0.450 e. The van der Waals surface area contributed by atoms with Gasteiger partial charge in [0, 0.05) is 6.54 Å². The van der Waals surface area contributed by atoms with E-state index < -0.39 is 12.1 Å². The van der Waals surface area contributed by atoms with Crippen LogP contribution in [0.25, 0.3) is 0 Å². The molecule has 0 unspecified atom stereocenters. The average molecular weight is 228 g/mol. The van der Waals surface area contributed by atoms with Crippen molar-refractivity contribution in [1.82, 2.24) is 10.6 Å². The van der Waals surface area contributed by atoms with Crippen molar-refractivity contribution >= 4 is 12.0 Å². The van der Waals surface area contributed by atoms with Crippen LogP contribution in [-0.2, 0) is 9.53 Å². The maximum Gasteiger partial charge on any atom is 0.407 e. The molecule has 0 aromatic heterocycles. The average Bonchev–Trinajstić information content (AvgIpc) is 2.22. The van der Waals surface area contributed by atoms with Gasteiger partial charge in [-0.1, -0.05) is 19.9 Å². The molecule has 0 aromatic carbocycles. The molecule has 2 N–H and O–H groups in total. The molecular formula is C11H20N2O3. The molecule has 2 amide bonds. The second-order valence-electron chi connectivity index (χ2n) is 3.62. The molecular weight excluding hydrogens is 208 g/mol. The molecule has 5 nitrogen and oxygen atoms in total. The van der Waals surface area contributed by atoms with Crippen molar-refractivity contribution in [1.29, 1.82) is 0 Å². The van der Waals surface area contributed by atoms with Gasteiger partial charge in [-0.3, -0.25) is 4.79 Å². The topological polar surface area (TPSA) is 67.4 Å². The van der Waals surface area contributed by atoms with Crippen molar-refractivity contribution in [2.24, 2.45) is 5.92 Å². The second kappa shape index (κ2) is 7.73. The van der Waals surface area contributed by atoms with Crippen molar-refractivity contribution < 1.29 is 14.3 Å². The van der Waals surface area contributed by atoms with Gasteiger partial charge < -0.3 is 15.4 Å². The largest absolute Gasteiger partial charge is 0.450 e. The summed E-state index contributed by atoms with van der Waals surface area (Å²) in [5.74, 6) is -0.239. The van der Waals surface area contributed by atoms with Gasteiger partial charge in [-0.25, -0.2) is 4.79 Å². The van der Waals surface area contributed by atoms with Gasteiger partial charge in [-0.15, -0.1) is 6.58 Å². The van der Waals surface area contributed by atoms with E-state index in [1.54, 1.807) is 13.0 Å². The highest BCUT2D eigenvalue weighted by molar-refractivity contribution is 5.85. The standard InChI is InChI=1S/C11H20N2O3/c1-5-7-12-10(14)9(8(3)4)13-11(15)16-6-2/h5,8-9H,1,6-7H2,2-4H3,(H,12,14)(H,13,15)/t9-/m0/s1. The minimum absolute atomic E-state index is 0.00535. The Morgan fingerprint density at radius 1 is 1.44 bits per heavy atom. The molecule has 0 spiro atoms. The number of hydrogen-bond donors (Lipinski definition) is 2. The predicted molar refractivity (Wildman–Crippen MR) is 62.0 cm³/mol. The van der Waals surface area contributed by atoms with Gasteiger partial charge in [-0.2, -0.15) is 0 Å². The van der Waals surface area contributed by atoms with E-state index in [1.165, 1.54) is 0 Å². The predicted octanol–water partition coefficient (Wildman–Crippen LogP) is 1.06. The molecule has 0 heterocycles. The Morgan fingerprint density at radius 3 is 2.50 bits per heavy atom. The maximum absolute atomic E-state index is 11.7. The first-order chi connectivity index (χ1) is 7.52. The molecule has 92 valence electrons. The number of ether oxygens (including phenoxy) is 1. The quantitative estimate of drug-likeness (QED) is 0.668. The third-order valence-corrected chi connectivity index (χ3v) is 1.92. The summed E-state index contributed by atoms with van der Waals surface area (Å²) in [5.41, 5.74) is 0. The van der Waals surface area contributed by atoms with Crippen LogP contribution in [0.15, 0.2) is 12.7 Å². The van der Waals surface area contributed by atoms with Crippen LogP contribution in [0.5, 0.6) is 0 Å². The van der Waals surface area contributed by atoms with Gasteiger partial charge in [0.1, 0.15) is 6.04 Å². The van der Waals surface area contributed by atoms with Crippen molar-refractivity contribution in [2.75, 3.05) is 13.2 Å². The van der Waals surface area contributed by atoms with Gasteiger partial charge in [-0.05, 0) is 12.8 Å². The summed E-state index contributed by atoms with van der Waals surface area (Å²) in [4.78, 5) is 22.9. The summed E-state index contributed by atoms with van der Waals surface area (Å²) in [6, 6.07) is -0.584. The fourth-order valence-corrected chi connectivity index (χ4v) is 1.12. The van der Waals surface area contributed by atoms with E-state index in [9.17, 15) is 9.59 Å². The normalized spacial score (nSPS) is 11.8. The Morgan fingerprint density at radius 2 is 2.06 bits per heavy atom. The zero-order chi connectivity index (χ0) is 12.6. The maximum atomic E-state index is 11.7. The van der Waals surface area contributed by atoms with E-state index in [0.29, 0.717) is 6.54 Å². The smallest absolute Gasteiger partial charge is 0.407 e. The van der Waals surface area contributed by atoms with Gasteiger partial charge >= 0.3 is 6.09 Å². The second-order valence-corrected chi connectivity index (χ2v) is 3.62. The number of rotatable bonds is 6. The monoisotopic (exact) mass is 228 g/mol. The van der Waals surface area contributed by atoms with Crippen LogP contribution in [0.2, 0.25) is 0 Å². The molecule has 0 aromatic rings. The van der Waals surface area contributed by atoms with Gasteiger partial charge in [0.15, 0.2) is 0 Å². The highest BCUT2D eigenvalue weighted by Crippen LogP contribution is 2.02. The molecule has 5 heteroatoms. The van der Waals surface area contributed by atoms with Crippen molar-refractivity contribution in [3.63, 3.8) is 0 Å². The number of carbonyl (C=O) groups excluding carboxylic acids is 2. The van der Waals surface area contributed by atoms with E-state index in [0.717, 1.165) is 0 Å². The van der Waals surface area contributed by atoms with Crippen LogP contribution >= 0.6 is 0 Å². The first kappa shape index (κ1) is 14.5. The van der Waals surface area contributed by atoms with Gasteiger partial charge in [0.2, 0.25) is 5.91 Å². The fourth-order valence-electron chi connectivity index (χ4n) is 1.12. The third kappa shape index (κ3) is 5.38. The first-order valence-electron chi connectivity index (χ1n) is 5.34. The lowest BCUT2D eigenvalue weighted by Gasteiger charge is -2.20. The lowest BCUT2D eigenvalue weighted by molar-refractivity contribution is -0.123. The number of nitrogens with one attached hydrogen (secondary N) is 2. The van der Waals surface area contributed by atoms with E-state index in [2.05, 4.69) is 17.2 Å². The number of amides is 2. The summed E-state index contributed by atoms with van der Waals surface area (Å²) in [7, 11) is 0. The van der Waals surface area contributed by atoms with Crippen LogP contribution in [0, 0.1) is 5.92 Å². The molecule has 0 aliphatic rings. The molecule has 0 aliphatic heterocycles. The summed E-state index contributed by atoms with van der Waals surface area (Å²) >= 11 is 0. The Bertz CT molecular complexity index is 252. The van der Waals surface area contributed by atoms with E-state index in [1.807, 2.05) is 13.8 Å². The summed E-state index contributed by atoms with van der Waals surface area (Å²) in [5, 5.41) is 5.15. The molecule has 0 bridgehead atoms. The zero-order valence-electron chi connectivity index (χ0n) is 10.1. The van der Waals surface area contributed by atoms with E-state index in [-0.39, 0.29) is 18.4 Å². The highest BCUT2D eigenvalue weighted by atomic mass is 16.5. The minimum atomic E-state index is -0.584. The summed E-state index contributed by atoms with van der Waals surface area (Å²) in [6.07, 6.45) is 1.01. The molecule has 0 fully saturated rings. The Balaban J connectivity index is 4.31. The van der Waals surface area contributed by atoms with Crippen molar-refractivity contribution in [2.45, 2.75) is 26.8 Å². The molecule has 16 heavy (non-hydrogen) atoms. The molecule has 0 saturated heterocycles. The lowest BCUT2D eigenvalue weighted by Crippen LogP contribution is -2.49. The van der Waals surface area contributed by atoms with Crippen LogP contribution in [-0.4, -0.2) is 31.2 Å². The Labute approximate surface area is 96.2 Å². The zero-order valence-corrected chi connectivity index (χ0v) is 10.1.